The van der Waals surface area contributed by atoms with Gasteiger partial charge in [-0.15, -0.1) is 6.58 Å². The molecule has 0 amide bonds. The second kappa shape index (κ2) is 11.9. The van der Waals surface area contributed by atoms with Crippen molar-refractivity contribution in [3.63, 3.8) is 0 Å². The van der Waals surface area contributed by atoms with Crippen molar-refractivity contribution in [2.45, 2.75) is 70.8 Å². The summed E-state index contributed by atoms with van der Waals surface area (Å²) in [4.78, 5) is 18.5. The molecule has 3 aromatic rings. The molecule has 0 radical (unpaired) electrons. The molecule has 1 aliphatic carbocycles. The second-order valence-electron chi connectivity index (χ2n) is 9.37. The number of allylic oxidation sites excluding steroid dienone is 1. The predicted molar refractivity (Wildman–Crippen MR) is 150 cm³/mol. The van der Waals surface area contributed by atoms with Crippen LogP contribution in [0, 0.1) is 0 Å². The van der Waals surface area contributed by atoms with Gasteiger partial charge < -0.3 is 9.47 Å². The Morgan fingerprint density at radius 1 is 1.25 bits per heavy atom. The van der Waals surface area contributed by atoms with Gasteiger partial charge in [0.05, 0.1) is 30.3 Å². The van der Waals surface area contributed by atoms with Gasteiger partial charge in [-0.1, -0.05) is 48.2 Å². The molecule has 1 atom stereocenters. The van der Waals surface area contributed by atoms with Gasteiger partial charge in [-0.25, -0.2) is 4.98 Å². The number of ether oxygens (including phenoxy) is 2. The summed E-state index contributed by atoms with van der Waals surface area (Å²) in [5.74, 6) is 2.31. The molecule has 1 saturated carbocycles. The van der Waals surface area contributed by atoms with Crippen molar-refractivity contribution in [3.05, 3.63) is 74.8 Å². The van der Waals surface area contributed by atoms with Crippen LogP contribution in [0.2, 0.25) is 0 Å². The Kier molecular flexibility index (Phi) is 8.62. The first kappa shape index (κ1) is 26.1. The average Bonchev–Trinajstić information content (AvgIpc) is 2.90. The van der Waals surface area contributed by atoms with E-state index in [1.165, 1.54) is 11.1 Å². The van der Waals surface area contributed by atoms with E-state index in [0.717, 1.165) is 59.3 Å². The van der Waals surface area contributed by atoms with Crippen molar-refractivity contribution in [2.24, 2.45) is 5.10 Å². The Hall–Kier alpha value is -2.93. The summed E-state index contributed by atoms with van der Waals surface area (Å²) in [6.45, 7) is 8.02. The molecule has 7 heteroatoms. The minimum absolute atomic E-state index is 0.0570. The van der Waals surface area contributed by atoms with Crippen LogP contribution in [0.5, 0.6) is 11.5 Å². The van der Waals surface area contributed by atoms with Crippen molar-refractivity contribution in [3.8, 4) is 11.5 Å². The van der Waals surface area contributed by atoms with E-state index in [2.05, 4.69) is 29.4 Å². The molecule has 1 aliphatic rings. The number of methoxy groups -OCH3 is 1. The first-order valence-electron chi connectivity index (χ1n) is 12.7. The Bertz CT molecular complexity index is 1330. The van der Waals surface area contributed by atoms with Crippen LogP contribution in [0.1, 0.15) is 75.2 Å². The van der Waals surface area contributed by atoms with E-state index in [1.54, 1.807) is 13.3 Å². The molecule has 2 aromatic carbocycles. The van der Waals surface area contributed by atoms with Gasteiger partial charge in [0, 0.05) is 16.0 Å². The maximum absolute atomic E-state index is 13.6. The number of rotatable bonds is 9. The lowest BCUT2D eigenvalue weighted by molar-refractivity contribution is 0.206. The van der Waals surface area contributed by atoms with Gasteiger partial charge in [-0.2, -0.15) is 9.78 Å². The Morgan fingerprint density at radius 3 is 2.72 bits per heavy atom. The van der Waals surface area contributed by atoms with E-state index in [9.17, 15) is 4.79 Å². The van der Waals surface area contributed by atoms with E-state index < -0.39 is 0 Å². The van der Waals surface area contributed by atoms with Gasteiger partial charge in [0.15, 0.2) is 11.5 Å². The largest absolute Gasteiger partial charge is 0.493 e. The highest BCUT2D eigenvalue weighted by Crippen LogP contribution is 2.35. The quantitative estimate of drug-likeness (QED) is 0.212. The van der Waals surface area contributed by atoms with E-state index in [1.807, 2.05) is 43.3 Å². The highest BCUT2D eigenvalue weighted by atomic mass is 79.9. The van der Waals surface area contributed by atoms with Crippen LogP contribution in [0.25, 0.3) is 10.9 Å². The number of fused-ring (bicyclic) bond motifs is 1. The molecule has 0 unspecified atom stereocenters. The van der Waals surface area contributed by atoms with Gasteiger partial charge in [-0.3, -0.25) is 4.79 Å². The molecule has 0 bridgehead atoms. The number of hydrogen-bond acceptors (Lipinski definition) is 5. The van der Waals surface area contributed by atoms with Crippen molar-refractivity contribution in [1.29, 1.82) is 0 Å². The third-order valence-electron chi connectivity index (χ3n) is 6.76. The maximum atomic E-state index is 13.6. The number of hydrogen-bond donors (Lipinski definition) is 0. The van der Waals surface area contributed by atoms with Gasteiger partial charge in [-0.05, 0) is 68.5 Å². The third kappa shape index (κ3) is 5.72. The van der Waals surface area contributed by atoms with Crippen LogP contribution < -0.4 is 15.0 Å². The fourth-order valence-corrected chi connectivity index (χ4v) is 5.02. The summed E-state index contributed by atoms with van der Waals surface area (Å²) >= 11 is 3.48. The molecule has 1 fully saturated rings. The summed E-state index contributed by atoms with van der Waals surface area (Å²) < 4.78 is 14.2. The zero-order valence-corrected chi connectivity index (χ0v) is 22.9. The summed E-state index contributed by atoms with van der Waals surface area (Å²) in [5, 5.41) is 5.24. The number of aromatic nitrogens is 2. The monoisotopic (exact) mass is 551 g/mol. The smallest absolute Gasteiger partial charge is 0.282 e. The van der Waals surface area contributed by atoms with Crippen molar-refractivity contribution < 1.29 is 9.47 Å². The molecule has 0 saturated heterocycles. The lowest BCUT2D eigenvalue weighted by Gasteiger charge is -2.23. The molecule has 1 heterocycles. The van der Waals surface area contributed by atoms with Crippen LogP contribution in [0.3, 0.4) is 0 Å². The first-order chi connectivity index (χ1) is 17.4. The SMILES string of the molecule is C=CCc1cc(C=Nn2c(C3CCCCC3)nc3ccc(Br)cc3c2=O)cc(OC)c1O[C@H](C)CC. The standard InChI is InChI=1S/C29H34BrN3O3/c1-5-10-22-15-20(16-26(35-4)27(22)36-19(3)6-2)18-31-33-28(21-11-8-7-9-12-21)32-25-14-13-23(30)17-24(25)29(33)34/h5,13-19,21H,1,6-12H2,2-4H3/t19-/m1/s1. The van der Waals surface area contributed by atoms with Gasteiger partial charge in [0.25, 0.3) is 5.56 Å². The first-order valence-corrected chi connectivity index (χ1v) is 13.5. The molecule has 6 nitrogen and oxygen atoms in total. The van der Waals surface area contributed by atoms with Crippen molar-refractivity contribution in [1.82, 2.24) is 9.66 Å². The number of benzene rings is 2. The van der Waals surface area contributed by atoms with E-state index >= 15 is 0 Å². The summed E-state index contributed by atoms with van der Waals surface area (Å²) in [6, 6.07) is 9.53. The molecule has 0 N–H and O–H groups in total. The fourth-order valence-electron chi connectivity index (χ4n) is 4.66. The van der Waals surface area contributed by atoms with Crippen LogP contribution in [-0.4, -0.2) is 29.1 Å². The summed E-state index contributed by atoms with van der Waals surface area (Å²) in [5.41, 5.74) is 2.33. The second-order valence-corrected chi connectivity index (χ2v) is 10.3. The van der Waals surface area contributed by atoms with Crippen molar-refractivity contribution in [2.75, 3.05) is 7.11 Å². The minimum Gasteiger partial charge on any atom is -0.493 e. The Balaban J connectivity index is 1.82. The molecular weight excluding hydrogens is 518 g/mol. The Labute approximate surface area is 221 Å². The number of nitrogens with zero attached hydrogens (tertiary/aromatic N) is 3. The van der Waals surface area contributed by atoms with Crippen LogP contribution in [0.15, 0.2) is 57.4 Å². The zero-order valence-electron chi connectivity index (χ0n) is 21.3. The fraction of sp³-hybridized carbons (Fsp3) is 0.414. The highest BCUT2D eigenvalue weighted by molar-refractivity contribution is 9.10. The molecule has 0 aliphatic heterocycles. The van der Waals surface area contributed by atoms with Crippen LogP contribution >= 0.6 is 15.9 Å². The molecule has 4 rings (SSSR count). The van der Waals surface area contributed by atoms with E-state index in [-0.39, 0.29) is 17.6 Å². The maximum Gasteiger partial charge on any atom is 0.282 e. The third-order valence-corrected chi connectivity index (χ3v) is 7.25. The topological polar surface area (TPSA) is 65.7 Å². The van der Waals surface area contributed by atoms with Crippen molar-refractivity contribution >= 4 is 33.0 Å². The number of halogens is 1. The molecule has 1 aromatic heterocycles. The average molecular weight is 553 g/mol. The normalized spacial score (nSPS) is 15.3. The minimum atomic E-state index is -0.159. The molecule has 0 spiro atoms. The van der Waals surface area contributed by atoms with E-state index in [4.69, 9.17) is 19.6 Å². The highest BCUT2D eigenvalue weighted by Gasteiger charge is 2.23. The van der Waals surface area contributed by atoms with Gasteiger partial charge >= 0.3 is 0 Å². The summed E-state index contributed by atoms with van der Waals surface area (Å²) in [6.07, 6.45) is 10.7. The lowest BCUT2D eigenvalue weighted by atomic mass is 9.88. The van der Waals surface area contributed by atoms with Crippen LogP contribution in [-0.2, 0) is 6.42 Å². The summed E-state index contributed by atoms with van der Waals surface area (Å²) in [7, 11) is 1.63. The lowest BCUT2D eigenvalue weighted by Crippen LogP contribution is -2.25. The zero-order chi connectivity index (χ0) is 25.7. The van der Waals surface area contributed by atoms with Crippen LogP contribution in [0.4, 0.5) is 0 Å². The Morgan fingerprint density at radius 2 is 2.03 bits per heavy atom. The molecular formula is C29H34BrN3O3. The van der Waals surface area contributed by atoms with Gasteiger partial charge in [0.1, 0.15) is 5.82 Å². The van der Waals surface area contributed by atoms with Gasteiger partial charge in [0.2, 0.25) is 0 Å². The van der Waals surface area contributed by atoms with E-state index in [0.29, 0.717) is 23.1 Å². The predicted octanol–water partition coefficient (Wildman–Crippen LogP) is 7.00. The molecule has 36 heavy (non-hydrogen) atoms. The molecule has 190 valence electrons.